The molecule has 1 aromatic carbocycles. The van der Waals surface area contributed by atoms with Crippen molar-refractivity contribution in [1.29, 1.82) is 5.26 Å². The molecule has 0 unspecified atom stereocenters. The van der Waals surface area contributed by atoms with Crippen molar-refractivity contribution >= 4 is 11.0 Å². The molecule has 0 saturated heterocycles. The van der Waals surface area contributed by atoms with Crippen molar-refractivity contribution in [3.63, 3.8) is 0 Å². The van der Waals surface area contributed by atoms with Crippen LogP contribution in [0.1, 0.15) is 16.8 Å². The first-order chi connectivity index (χ1) is 7.97. The normalized spacial score (nSPS) is 10.4. The number of aryl methyl sites for hydroxylation is 2. The summed E-state index contributed by atoms with van der Waals surface area (Å²) >= 11 is 0. The minimum absolute atomic E-state index is 0.0413. The van der Waals surface area contributed by atoms with E-state index >= 15 is 0 Å². The first-order valence-corrected chi connectivity index (χ1v) is 4.86. The predicted octanol–water partition coefficient (Wildman–Crippen LogP) is 0.301. The Kier molecular flexibility index (Phi) is 2.25. The van der Waals surface area contributed by atoms with Crippen molar-refractivity contribution in [3.8, 4) is 11.9 Å². The summed E-state index contributed by atoms with van der Waals surface area (Å²) in [6.07, 6.45) is 0. The molecule has 0 aliphatic heterocycles. The molecule has 2 rings (SSSR count). The van der Waals surface area contributed by atoms with Crippen molar-refractivity contribution < 1.29 is 14.6 Å². The number of nitriles is 1. The van der Waals surface area contributed by atoms with Gasteiger partial charge in [0.05, 0.1) is 0 Å². The van der Waals surface area contributed by atoms with E-state index in [0.717, 1.165) is 11.1 Å². The highest BCUT2D eigenvalue weighted by atomic mass is 16.5. The van der Waals surface area contributed by atoms with E-state index in [2.05, 4.69) is 0 Å². The molecule has 0 aliphatic rings. The van der Waals surface area contributed by atoms with E-state index in [9.17, 15) is 15.5 Å². The van der Waals surface area contributed by atoms with Crippen LogP contribution in [0.4, 0.5) is 0 Å². The topological polar surface area (TPSA) is 97.9 Å². The van der Waals surface area contributed by atoms with Crippen molar-refractivity contribution in [2.24, 2.45) is 0 Å². The fraction of sp³-hybridized carbons (Fsp3) is 0.182. The number of aromatic hydroxyl groups is 1. The molecule has 1 aromatic heterocycles. The summed E-state index contributed by atoms with van der Waals surface area (Å²) in [5.74, 6) is -0.877. The van der Waals surface area contributed by atoms with Gasteiger partial charge in [0.25, 0.3) is 11.0 Å². The molecule has 0 atom stereocenters. The van der Waals surface area contributed by atoms with Gasteiger partial charge < -0.3 is 15.5 Å². The first-order valence-electron chi connectivity index (χ1n) is 4.86. The Hall–Kier alpha value is -2.55. The van der Waals surface area contributed by atoms with Gasteiger partial charge in [-0.2, -0.15) is 5.26 Å². The highest BCUT2D eigenvalue weighted by Crippen LogP contribution is 2.17. The van der Waals surface area contributed by atoms with Crippen LogP contribution in [0.2, 0.25) is 0 Å². The summed E-state index contributed by atoms with van der Waals surface area (Å²) in [5.41, 5.74) is 1.16. The van der Waals surface area contributed by atoms with Gasteiger partial charge in [-0.1, -0.05) is 0 Å². The second-order valence-electron chi connectivity index (χ2n) is 3.80. The van der Waals surface area contributed by atoms with E-state index in [1.54, 1.807) is 13.8 Å². The molecule has 6 nitrogen and oxygen atoms in total. The van der Waals surface area contributed by atoms with Gasteiger partial charge in [0, 0.05) is 12.1 Å². The zero-order valence-corrected chi connectivity index (χ0v) is 9.26. The molecule has 0 fully saturated rings. The van der Waals surface area contributed by atoms with Crippen LogP contribution in [0.25, 0.3) is 11.0 Å². The molecule has 0 radical (unpaired) electrons. The Morgan fingerprint density at radius 1 is 1.12 bits per heavy atom. The standard InChI is InChI=1S/C11H9N3O3/c1-6-3-8-9(4-7(6)2)14(17)11(15)10(5-12)13(8)16/h3-4,15H,1-2H3. The summed E-state index contributed by atoms with van der Waals surface area (Å²) < 4.78 is 0.459. The average molecular weight is 231 g/mol. The Balaban J connectivity index is 3.05. The van der Waals surface area contributed by atoms with Crippen LogP contribution in [0, 0.1) is 35.6 Å². The Bertz CT molecular complexity index is 674. The van der Waals surface area contributed by atoms with Gasteiger partial charge in [-0.05, 0) is 25.0 Å². The van der Waals surface area contributed by atoms with Gasteiger partial charge in [-0.15, -0.1) is 9.46 Å². The number of rotatable bonds is 0. The summed E-state index contributed by atoms with van der Waals surface area (Å²) in [4.78, 5) is 0. The smallest absolute Gasteiger partial charge is 0.465 e. The molecule has 1 heterocycles. The second kappa shape index (κ2) is 3.49. The minimum Gasteiger partial charge on any atom is -0.617 e. The molecular weight excluding hydrogens is 222 g/mol. The van der Waals surface area contributed by atoms with Crippen LogP contribution in [0.5, 0.6) is 5.88 Å². The van der Waals surface area contributed by atoms with Gasteiger partial charge in [-0.25, -0.2) is 0 Å². The van der Waals surface area contributed by atoms with Gasteiger partial charge in [0.2, 0.25) is 0 Å². The molecule has 17 heavy (non-hydrogen) atoms. The van der Waals surface area contributed by atoms with Crippen LogP contribution in [0.15, 0.2) is 12.1 Å². The van der Waals surface area contributed by atoms with Crippen LogP contribution >= 0.6 is 0 Å². The minimum atomic E-state index is -0.877. The third kappa shape index (κ3) is 1.40. The monoisotopic (exact) mass is 231 g/mol. The number of hydrogen-bond donors (Lipinski definition) is 1. The molecule has 0 amide bonds. The van der Waals surface area contributed by atoms with Gasteiger partial charge in [0.1, 0.15) is 0 Å². The molecule has 0 bridgehead atoms. The fourth-order valence-electron chi connectivity index (χ4n) is 1.63. The van der Waals surface area contributed by atoms with Gasteiger partial charge in [-0.3, -0.25) is 0 Å². The third-order valence-corrected chi connectivity index (χ3v) is 2.74. The number of benzene rings is 1. The highest BCUT2D eigenvalue weighted by molar-refractivity contribution is 5.70. The number of hydrogen-bond acceptors (Lipinski definition) is 4. The maximum Gasteiger partial charge on any atom is 0.465 e. The largest absolute Gasteiger partial charge is 0.617 e. The van der Waals surface area contributed by atoms with Crippen molar-refractivity contribution in [3.05, 3.63) is 39.4 Å². The quantitative estimate of drug-likeness (QED) is 0.520. The molecule has 6 heteroatoms. The second-order valence-corrected chi connectivity index (χ2v) is 3.80. The van der Waals surface area contributed by atoms with E-state index < -0.39 is 11.6 Å². The lowest BCUT2D eigenvalue weighted by molar-refractivity contribution is -0.636. The summed E-state index contributed by atoms with van der Waals surface area (Å²) in [5, 5.41) is 41.6. The SMILES string of the molecule is Cc1cc2c(cc1C)[n+]([O-])c(C#N)c(O)[n+]2[O-]. The molecule has 86 valence electrons. The first kappa shape index (κ1) is 11.0. The molecular formula is C11H9N3O3. The lowest BCUT2D eigenvalue weighted by Gasteiger charge is -2.07. The van der Waals surface area contributed by atoms with Crippen LogP contribution in [-0.4, -0.2) is 5.11 Å². The van der Waals surface area contributed by atoms with Crippen molar-refractivity contribution in [2.75, 3.05) is 0 Å². The Morgan fingerprint density at radius 3 is 2.06 bits per heavy atom. The Morgan fingerprint density at radius 2 is 1.59 bits per heavy atom. The maximum absolute atomic E-state index is 11.8. The molecule has 0 spiro atoms. The Labute approximate surface area is 96.8 Å². The fourth-order valence-corrected chi connectivity index (χ4v) is 1.63. The zero-order valence-electron chi connectivity index (χ0n) is 9.26. The lowest BCUT2D eigenvalue weighted by atomic mass is 10.1. The number of fused-ring (bicyclic) bond motifs is 1. The zero-order chi connectivity index (χ0) is 12.7. The van der Waals surface area contributed by atoms with Gasteiger partial charge >= 0.3 is 11.6 Å². The van der Waals surface area contributed by atoms with E-state index in [4.69, 9.17) is 5.26 Å². The molecule has 1 N–H and O–H groups in total. The van der Waals surface area contributed by atoms with Crippen LogP contribution in [0.3, 0.4) is 0 Å². The van der Waals surface area contributed by atoms with E-state index in [1.165, 1.54) is 18.2 Å². The van der Waals surface area contributed by atoms with Crippen molar-refractivity contribution in [2.45, 2.75) is 13.8 Å². The average Bonchev–Trinajstić information content (AvgIpc) is 2.30. The lowest BCUT2D eigenvalue weighted by Crippen LogP contribution is -2.41. The van der Waals surface area contributed by atoms with Gasteiger partial charge in [0.15, 0.2) is 6.07 Å². The highest BCUT2D eigenvalue weighted by Gasteiger charge is 2.28. The molecule has 0 aliphatic carbocycles. The molecule has 0 saturated carbocycles. The van der Waals surface area contributed by atoms with Crippen molar-refractivity contribution in [1.82, 2.24) is 0 Å². The number of aromatic nitrogens is 2. The van der Waals surface area contributed by atoms with Crippen LogP contribution in [-0.2, 0) is 0 Å². The maximum atomic E-state index is 11.8. The predicted molar refractivity (Wildman–Crippen MR) is 57.7 cm³/mol. The third-order valence-electron chi connectivity index (χ3n) is 2.74. The van der Waals surface area contributed by atoms with Crippen LogP contribution < -0.4 is 9.46 Å². The van der Waals surface area contributed by atoms with E-state index in [1.807, 2.05) is 0 Å². The van der Waals surface area contributed by atoms with E-state index in [0.29, 0.717) is 0 Å². The van der Waals surface area contributed by atoms with E-state index in [-0.39, 0.29) is 20.5 Å². The summed E-state index contributed by atoms with van der Waals surface area (Å²) in [6.45, 7) is 3.59. The summed E-state index contributed by atoms with van der Waals surface area (Å²) in [6, 6.07) is 4.54. The number of nitrogens with zero attached hydrogens (tertiary/aromatic N) is 3. The summed E-state index contributed by atoms with van der Waals surface area (Å²) in [7, 11) is 0. The molecule has 2 aromatic rings.